The van der Waals surface area contributed by atoms with Crippen molar-refractivity contribution in [3.8, 4) is 5.75 Å². The summed E-state index contributed by atoms with van der Waals surface area (Å²) in [7, 11) is 2.85. The summed E-state index contributed by atoms with van der Waals surface area (Å²) < 4.78 is 9.85. The van der Waals surface area contributed by atoms with Gasteiger partial charge in [0.2, 0.25) is 11.8 Å². The maximum absolute atomic E-state index is 12.6. The molecule has 1 saturated heterocycles. The van der Waals surface area contributed by atoms with Crippen LogP contribution in [-0.2, 0) is 14.3 Å². The molecule has 0 saturated carbocycles. The van der Waals surface area contributed by atoms with Crippen LogP contribution in [0.4, 0.5) is 11.4 Å². The van der Waals surface area contributed by atoms with Crippen LogP contribution in [0.1, 0.15) is 16.8 Å². The topological polar surface area (TPSA) is 84.9 Å². The third-order valence-electron chi connectivity index (χ3n) is 4.47. The second kappa shape index (κ2) is 7.90. The molecule has 1 N–H and O–H groups in total. The first-order chi connectivity index (χ1) is 13.0. The number of carbonyl (C=O) groups is 3. The highest BCUT2D eigenvalue weighted by atomic mass is 16.5. The Morgan fingerprint density at radius 1 is 1.07 bits per heavy atom. The van der Waals surface area contributed by atoms with Crippen LogP contribution in [0.15, 0.2) is 48.5 Å². The molecular weight excluding hydrogens is 348 g/mol. The number of amides is 2. The van der Waals surface area contributed by atoms with Crippen molar-refractivity contribution in [1.82, 2.24) is 0 Å². The number of hydrogen-bond acceptors (Lipinski definition) is 5. The molecule has 1 heterocycles. The molecule has 3 rings (SSSR count). The molecule has 140 valence electrons. The molecule has 0 bridgehead atoms. The summed E-state index contributed by atoms with van der Waals surface area (Å²) in [6.45, 7) is 0.275. The summed E-state index contributed by atoms with van der Waals surface area (Å²) in [5.74, 6) is -0.782. The maximum atomic E-state index is 12.6. The second-order valence-electron chi connectivity index (χ2n) is 6.13. The van der Waals surface area contributed by atoms with E-state index in [1.54, 1.807) is 60.5 Å². The highest BCUT2D eigenvalue weighted by molar-refractivity contribution is 6.06. The number of ether oxygens (including phenoxy) is 2. The molecule has 27 heavy (non-hydrogen) atoms. The van der Waals surface area contributed by atoms with Crippen LogP contribution in [0, 0.1) is 5.92 Å². The Hall–Kier alpha value is -3.35. The Morgan fingerprint density at radius 3 is 2.44 bits per heavy atom. The minimum absolute atomic E-state index is 0.109. The highest BCUT2D eigenvalue weighted by Crippen LogP contribution is 2.28. The van der Waals surface area contributed by atoms with Gasteiger partial charge in [-0.1, -0.05) is 12.1 Å². The SMILES string of the molecule is COC(=O)c1ccccc1NC(=O)[C@H]1CC(=O)N(c2ccc(OC)cc2)C1. The molecule has 2 aromatic carbocycles. The Balaban J connectivity index is 1.72. The Kier molecular flexibility index (Phi) is 5.40. The van der Waals surface area contributed by atoms with Gasteiger partial charge in [0.1, 0.15) is 5.75 Å². The van der Waals surface area contributed by atoms with E-state index in [0.717, 1.165) is 0 Å². The highest BCUT2D eigenvalue weighted by Gasteiger charge is 2.35. The van der Waals surface area contributed by atoms with Crippen molar-refractivity contribution < 1.29 is 23.9 Å². The van der Waals surface area contributed by atoms with E-state index in [4.69, 9.17) is 9.47 Å². The Labute approximate surface area is 156 Å². The fourth-order valence-electron chi connectivity index (χ4n) is 3.01. The molecule has 1 fully saturated rings. The summed E-state index contributed by atoms with van der Waals surface area (Å²) in [6, 6.07) is 13.7. The van der Waals surface area contributed by atoms with E-state index in [1.165, 1.54) is 7.11 Å². The number of methoxy groups -OCH3 is 2. The third-order valence-corrected chi connectivity index (χ3v) is 4.47. The normalized spacial score (nSPS) is 16.1. The zero-order valence-corrected chi connectivity index (χ0v) is 15.1. The summed E-state index contributed by atoms with van der Waals surface area (Å²) in [5, 5.41) is 2.74. The third kappa shape index (κ3) is 3.92. The van der Waals surface area contributed by atoms with Crippen molar-refractivity contribution in [2.75, 3.05) is 31.0 Å². The van der Waals surface area contributed by atoms with E-state index in [-0.39, 0.29) is 30.3 Å². The smallest absolute Gasteiger partial charge is 0.339 e. The van der Waals surface area contributed by atoms with Crippen LogP contribution in [0.2, 0.25) is 0 Å². The van der Waals surface area contributed by atoms with Crippen LogP contribution < -0.4 is 15.0 Å². The zero-order chi connectivity index (χ0) is 19.4. The molecule has 2 aromatic rings. The molecule has 1 aliphatic heterocycles. The predicted octanol–water partition coefficient (Wildman–Crippen LogP) is 2.47. The first-order valence-electron chi connectivity index (χ1n) is 8.46. The minimum Gasteiger partial charge on any atom is -0.497 e. The largest absolute Gasteiger partial charge is 0.497 e. The van der Waals surface area contributed by atoms with Gasteiger partial charge < -0.3 is 19.7 Å². The van der Waals surface area contributed by atoms with E-state index in [2.05, 4.69) is 5.32 Å². The van der Waals surface area contributed by atoms with Gasteiger partial charge >= 0.3 is 5.97 Å². The first-order valence-corrected chi connectivity index (χ1v) is 8.46. The average Bonchev–Trinajstić information content (AvgIpc) is 3.09. The van der Waals surface area contributed by atoms with Gasteiger partial charge in [-0.05, 0) is 36.4 Å². The fraction of sp³-hybridized carbons (Fsp3) is 0.250. The van der Waals surface area contributed by atoms with Crippen LogP contribution in [0.25, 0.3) is 0 Å². The van der Waals surface area contributed by atoms with Crippen molar-refractivity contribution in [3.63, 3.8) is 0 Å². The average molecular weight is 368 g/mol. The van der Waals surface area contributed by atoms with E-state index in [9.17, 15) is 14.4 Å². The fourth-order valence-corrected chi connectivity index (χ4v) is 3.01. The standard InChI is InChI=1S/C20H20N2O5/c1-26-15-9-7-14(8-10-15)22-12-13(11-18(22)23)19(24)21-17-6-4-3-5-16(17)20(25)27-2/h3-10,13H,11-12H2,1-2H3,(H,21,24)/t13-/m0/s1. The molecule has 0 radical (unpaired) electrons. The Bertz CT molecular complexity index is 863. The second-order valence-corrected chi connectivity index (χ2v) is 6.13. The van der Waals surface area contributed by atoms with Gasteiger partial charge in [0, 0.05) is 18.7 Å². The lowest BCUT2D eigenvalue weighted by Gasteiger charge is -2.17. The lowest BCUT2D eigenvalue weighted by molar-refractivity contribution is -0.122. The maximum Gasteiger partial charge on any atom is 0.339 e. The predicted molar refractivity (Wildman–Crippen MR) is 99.9 cm³/mol. The van der Waals surface area contributed by atoms with Crippen molar-refractivity contribution >= 4 is 29.2 Å². The molecule has 7 nitrogen and oxygen atoms in total. The van der Waals surface area contributed by atoms with E-state index < -0.39 is 11.9 Å². The minimum atomic E-state index is -0.534. The summed E-state index contributed by atoms with van der Waals surface area (Å²) in [5.41, 5.74) is 1.35. The van der Waals surface area contributed by atoms with Crippen LogP contribution in [0.3, 0.4) is 0 Å². The van der Waals surface area contributed by atoms with Gasteiger partial charge in [-0.15, -0.1) is 0 Å². The molecule has 0 unspecified atom stereocenters. The number of esters is 1. The number of carbonyl (C=O) groups excluding carboxylic acids is 3. The lowest BCUT2D eigenvalue weighted by Crippen LogP contribution is -2.28. The first kappa shape index (κ1) is 18.4. The van der Waals surface area contributed by atoms with Gasteiger partial charge in [0.25, 0.3) is 0 Å². The van der Waals surface area contributed by atoms with Crippen molar-refractivity contribution in [2.24, 2.45) is 5.92 Å². The number of anilines is 2. The van der Waals surface area contributed by atoms with E-state index >= 15 is 0 Å². The molecule has 2 amide bonds. The summed E-state index contributed by atoms with van der Waals surface area (Å²) in [6.07, 6.45) is 0.109. The molecule has 7 heteroatoms. The van der Waals surface area contributed by atoms with Gasteiger partial charge in [-0.25, -0.2) is 4.79 Å². The van der Waals surface area contributed by atoms with Gasteiger partial charge in [-0.2, -0.15) is 0 Å². The Morgan fingerprint density at radius 2 is 1.78 bits per heavy atom. The number of benzene rings is 2. The number of nitrogens with zero attached hydrogens (tertiary/aromatic N) is 1. The molecule has 0 aliphatic carbocycles. The number of nitrogens with one attached hydrogen (secondary N) is 1. The van der Waals surface area contributed by atoms with Gasteiger partial charge in [0.05, 0.1) is 31.4 Å². The number of hydrogen-bond donors (Lipinski definition) is 1. The van der Waals surface area contributed by atoms with E-state index in [1.807, 2.05) is 0 Å². The molecule has 0 aromatic heterocycles. The monoisotopic (exact) mass is 368 g/mol. The van der Waals surface area contributed by atoms with Crippen molar-refractivity contribution in [3.05, 3.63) is 54.1 Å². The van der Waals surface area contributed by atoms with Crippen molar-refractivity contribution in [2.45, 2.75) is 6.42 Å². The molecular formula is C20H20N2O5. The number of rotatable bonds is 5. The zero-order valence-electron chi connectivity index (χ0n) is 15.1. The summed E-state index contributed by atoms with van der Waals surface area (Å²) >= 11 is 0. The number of para-hydroxylation sites is 1. The lowest BCUT2D eigenvalue weighted by atomic mass is 10.1. The molecule has 0 spiro atoms. The van der Waals surface area contributed by atoms with Gasteiger partial charge in [-0.3, -0.25) is 9.59 Å². The van der Waals surface area contributed by atoms with Crippen molar-refractivity contribution in [1.29, 1.82) is 0 Å². The van der Waals surface area contributed by atoms with Crippen LogP contribution in [0.5, 0.6) is 5.75 Å². The quantitative estimate of drug-likeness (QED) is 0.820. The summed E-state index contributed by atoms with van der Waals surface area (Å²) in [4.78, 5) is 38.4. The van der Waals surface area contributed by atoms with Crippen LogP contribution in [-0.4, -0.2) is 38.5 Å². The molecule has 1 aliphatic rings. The van der Waals surface area contributed by atoms with Crippen LogP contribution >= 0.6 is 0 Å². The van der Waals surface area contributed by atoms with Gasteiger partial charge in [0.15, 0.2) is 0 Å². The molecule has 1 atom stereocenters. The van der Waals surface area contributed by atoms with E-state index in [0.29, 0.717) is 17.1 Å².